The fourth-order valence-electron chi connectivity index (χ4n) is 4.02. The van der Waals surface area contributed by atoms with E-state index in [0.29, 0.717) is 35.7 Å². The number of sulfonamides is 1. The Morgan fingerprint density at radius 2 is 2.00 bits per heavy atom. The lowest BCUT2D eigenvalue weighted by Crippen LogP contribution is -2.17. The molecular formula is C24H26N4O3S. The minimum atomic E-state index is -3.34. The largest absolute Gasteiger partial charge is 0.491 e. The molecule has 32 heavy (non-hydrogen) atoms. The molecule has 0 atom stereocenters. The second-order valence-electron chi connectivity index (χ2n) is 9.01. The predicted molar refractivity (Wildman–Crippen MR) is 124 cm³/mol. The molecule has 0 aliphatic heterocycles. The molecule has 1 aromatic carbocycles. The van der Waals surface area contributed by atoms with E-state index in [0.717, 1.165) is 28.9 Å². The normalized spacial score (nSPS) is 16.3. The predicted octanol–water partition coefficient (Wildman–Crippen LogP) is 4.68. The second kappa shape index (κ2) is 7.82. The molecule has 2 fully saturated rings. The van der Waals surface area contributed by atoms with Crippen LogP contribution in [-0.2, 0) is 16.6 Å². The molecule has 2 aliphatic rings. The van der Waals surface area contributed by atoms with E-state index in [-0.39, 0.29) is 11.4 Å². The Bertz CT molecular complexity index is 1310. The molecular weight excluding hydrogens is 424 g/mol. The number of fused-ring (bicyclic) bond motifs is 1. The van der Waals surface area contributed by atoms with Crippen molar-refractivity contribution < 1.29 is 13.2 Å². The van der Waals surface area contributed by atoms with Gasteiger partial charge in [-0.1, -0.05) is 0 Å². The number of anilines is 1. The Morgan fingerprint density at radius 3 is 2.59 bits per heavy atom. The van der Waals surface area contributed by atoms with Crippen molar-refractivity contribution in [2.24, 2.45) is 5.92 Å². The number of nitrogens with zero attached hydrogens (tertiary/aromatic N) is 3. The SMILES string of the molecule is CC(C)Oc1ccc2c(C#N)c(-c3ccc(NS(=O)(=O)C4CC4)cn3)n(CC3CC3)c2c1. The average molecular weight is 451 g/mol. The molecule has 166 valence electrons. The number of nitrogens with one attached hydrogen (secondary N) is 1. The van der Waals surface area contributed by atoms with Gasteiger partial charge in [0.25, 0.3) is 0 Å². The quantitative estimate of drug-likeness (QED) is 0.538. The zero-order valence-electron chi connectivity index (χ0n) is 18.2. The molecule has 0 saturated heterocycles. The Labute approximate surface area is 188 Å². The monoisotopic (exact) mass is 450 g/mol. The molecule has 0 spiro atoms. The molecule has 5 rings (SSSR count). The summed E-state index contributed by atoms with van der Waals surface area (Å²) in [6.07, 6.45) is 5.36. The van der Waals surface area contributed by atoms with Gasteiger partial charge in [-0.05, 0) is 69.7 Å². The van der Waals surface area contributed by atoms with Crippen LogP contribution in [0.4, 0.5) is 5.69 Å². The van der Waals surface area contributed by atoms with Crippen LogP contribution in [0.5, 0.6) is 5.75 Å². The maximum atomic E-state index is 12.2. The highest BCUT2D eigenvalue weighted by Crippen LogP contribution is 2.39. The van der Waals surface area contributed by atoms with Gasteiger partial charge >= 0.3 is 0 Å². The number of hydrogen-bond donors (Lipinski definition) is 1. The summed E-state index contributed by atoms with van der Waals surface area (Å²) in [6.45, 7) is 4.79. The summed E-state index contributed by atoms with van der Waals surface area (Å²) < 4.78 is 35.1. The fourth-order valence-corrected chi connectivity index (χ4v) is 5.40. The van der Waals surface area contributed by atoms with Gasteiger partial charge in [-0.3, -0.25) is 9.71 Å². The summed E-state index contributed by atoms with van der Waals surface area (Å²) in [5.74, 6) is 1.37. The standard InChI is InChI=1S/C24H26N4O3S/c1-15(2)31-18-6-9-20-21(12-25)24(28(23(20)11-18)14-16-3-4-16)22-10-5-17(13-26-22)27-32(29,30)19-7-8-19/h5-6,9-11,13,15-16,19,27H,3-4,7-8,14H2,1-2H3. The van der Waals surface area contributed by atoms with Gasteiger partial charge in [-0.15, -0.1) is 0 Å². The molecule has 0 radical (unpaired) electrons. The minimum absolute atomic E-state index is 0.0582. The zero-order chi connectivity index (χ0) is 22.5. The maximum Gasteiger partial charge on any atom is 0.235 e. The van der Waals surface area contributed by atoms with Gasteiger partial charge in [0.05, 0.1) is 45.7 Å². The number of nitriles is 1. The topological polar surface area (TPSA) is 97.0 Å². The lowest BCUT2D eigenvalue weighted by molar-refractivity contribution is 0.242. The Hall–Kier alpha value is -3.05. The molecule has 1 N–H and O–H groups in total. The highest BCUT2D eigenvalue weighted by Gasteiger charge is 2.35. The van der Waals surface area contributed by atoms with Gasteiger partial charge in [0, 0.05) is 18.0 Å². The third kappa shape index (κ3) is 4.05. The van der Waals surface area contributed by atoms with Gasteiger partial charge in [0.15, 0.2) is 0 Å². The van der Waals surface area contributed by atoms with Crippen molar-refractivity contribution >= 4 is 26.6 Å². The van der Waals surface area contributed by atoms with Crippen molar-refractivity contribution in [3.05, 3.63) is 42.1 Å². The van der Waals surface area contributed by atoms with Gasteiger partial charge in [0.1, 0.15) is 11.8 Å². The lowest BCUT2D eigenvalue weighted by Gasteiger charge is -2.13. The fraction of sp³-hybridized carbons (Fsp3) is 0.417. The van der Waals surface area contributed by atoms with E-state index >= 15 is 0 Å². The minimum Gasteiger partial charge on any atom is -0.491 e. The van der Waals surface area contributed by atoms with Crippen molar-refractivity contribution in [1.82, 2.24) is 9.55 Å². The first kappa shape index (κ1) is 20.8. The van der Waals surface area contributed by atoms with Crippen LogP contribution in [0.1, 0.15) is 45.1 Å². The lowest BCUT2D eigenvalue weighted by atomic mass is 10.1. The van der Waals surface area contributed by atoms with E-state index in [2.05, 4.69) is 20.3 Å². The van der Waals surface area contributed by atoms with Crippen molar-refractivity contribution in [2.45, 2.75) is 57.4 Å². The smallest absolute Gasteiger partial charge is 0.235 e. The van der Waals surface area contributed by atoms with Crippen molar-refractivity contribution in [3.63, 3.8) is 0 Å². The molecule has 8 heteroatoms. The molecule has 0 bridgehead atoms. The van der Waals surface area contributed by atoms with E-state index in [9.17, 15) is 13.7 Å². The molecule has 2 aromatic heterocycles. The number of pyridine rings is 1. The molecule has 2 aliphatic carbocycles. The van der Waals surface area contributed by atoms with Crippen molar-refractivity contribution in [2.75, 3.05) is 4.72 Å². The van der Waals surface area contributed by atoms with Gasteiger partial charge in [0.2, 0.25) is 10.0 Å². The van der Waals surface area contributed by atoms with Crippen molar-refractivity contribution in [3.8, 4) is 23.2 Å². The van der Waals surface area contributed by atoms with Crippen LogP contribution in [0.15, 0.2) is 36.5 Å². The summed E-state index contributed by atoms with van der Waals surface area (Å²) in [6, 6.07) is 11.7. The maximum absolute atomic E-state index is 12.2. The Morgan fingerprint density at radius 1 is 1.22 bits per heavy atom. The third-order valence-corrected chi connectivity index (χ3v) is 7.76. The van der Waals surface area contributed by atoms with Gasteiger partial charge < -0.3 is 9.30 Å². The first-order valence-electron chi connectivity index (χ1n) is 11.1. The summed E-state index contributed by atoms with van der Waals surface area (Å²) in [5.41, 5.74) is 3.40. The molecule has 0 amide bonds. The average Bonchev–Trinajstić information content (AvgIpc) is 3.65. The van der Waals surface area contributed by atoms with Crippen LogP contribution < -0.4 is 9.46 Å². The summed E-state index contributed by atoms with van der Waals surface area (Å²) in [5, 5.41) is 10.6. The highest BCUT2D eigenvalue weighted by molar-refractivity contribution is 7.93. The van der Waals surface area contributed by atoms with Crippen LogP contribution in [0, 0.1) is 17.2 Å². The number of rotatable bonds is 8. The molecule has 2 heterocycles. The molecule has 7 nitrogen and oxygen atoms in total. The highest BCUT2D eigenvalue weighted by atomic mass is 32.2. The van der Waals surface area contributed by atoms with Crippen LogP contribution >= 0.6 is 0 Å². The molecule has 2 saturated carbocycles. The van der Waals surface area contributed by atoms with Crippen LogP contribution in [-0.4, -0.2) is 29.3 Å². The Balaban J connectivity index is 1.58. The van der Waals surface area contributed by atoms with E-state index in [1.54, 1.807) is 12.1 Å². The molecule has 0 unspecified atom stereocenters. The van der Waals surface area contributed by atoms with E-state index in [4.69, 9.17) is 4.74 Å². The number of hydrogen-bond acceptors (Lipinski definition) is 5. The van der Waals surface area contributed by atoms with E-state index < -0.39 is 10.0 Å². The Kier molecular flexibility index (Phi) is 5.09. The first-order chi connectivity index (χ1) is 15.4. The van der Waals surface area contributed by atoms with E-state index in [1.165, 1.54) is 19.0 Å². The number of ether oxygens (including phenoxy) is 1. The molecule has 3 aromatic rings. The summed E-state index contributed by atoms with van der Waals surface area (Å²) in [7, 11) is -3.34. The number of aromatic nitrogens is 2. The third-order valence-electron chi connectivity index (χ3n) is 5.89. The second-order valence-corrected chi connectivity index (χ2v) is 11.0. The van der Waals surface area contributed by atoms with Crippen LogP contribution in [0.3, 0.4) is 0 Å². The number of benzene rings is 1. The summed E-state index contributed by atoms with van der Waals surface area (Å²) >= 11 is 0. The van der Waals surface area contributed by atoms with Gasteiger partial charge in [-0.2, -0.15) is 5.26 Å². The van der Waals surface area contributed by atoms with E-state index in [1.807, 2.05) is 32.0 Å². The first-order valence-corrected chi connectivity index (χ1v) is 12.6. The summed E-state index contributed by atoms with van der Waals surface area (Å²) in [4.78, 5) is 4.55. The van der Waals surface area contributed by atoms with Crippen LogP contribution in [0.25, 0.3) is 22.3 Å². The van der Waals surface area contributed by atoms with Gasteiger partial charge in [-0.25, -0.2) is 8.42 Å². The van der Waals surface area contributed by atoms with Crippen LogP contribution in [0.2, 0.25) is 0 Å². The zero-order valence-corrected chi connectivity index (χ0v) is 19.0. The van der Waals surface area contributed by atoms with Crippen molar-refractivity contribution in [1.29, 1.82) is 5.26 Å².